The van der Waals surface area contributed by atoms with Crippen LogP contribution in [0, 0.1) is 19.3 Å². The number of anilines is 2. The molecule has 1 aliphatic rings. The first-order valence-electron chi connectivity index (χ1n) is 13.2. The highest BCUT2D eigenvalue weighted by atomic mass is 16.5. The Morgan fingerprint density at radius 3 is 2.14 bits per heavy atom. The molecule has 1 saturated carbocycles. The molecule has 3 rings (SSSR count). The molecular weight excluding hydrogens is 460 g/mol. The average Bonchev–Trinajstić information content (AvgIpc) is 2.82. The van der Waals surface area contributed by atoms with Crippen molar-refractivity contribution in [1.82, 2.24) is 0 Å². The number of carbonyl (C=O) groups is 1. The van der Waals surface area contributed by atoms with Crippen molar-refractivity contribution in [3.63, 3.8) is 0 Å². The number of benzene rings is 2. The zero-order valence-corrected chi connectivity index (χ0v) is 24.6. The van der Waals surface area contributed by atoms with Crippen molar-refractivity contribution in [2.75, 3.05) is 24.4 Å². The Kier molecular flexibility index (Phi) is 16.6. The van der Waals surface area contributed by atoms with E-state index in [9.17, 15) is 0 Å². The molecule has 4 N–H and O–H groups in total. The van der Waals surface area contributed by atoms with Crippen LogP contribution in [0.2, 0.25) is 0 Å². The maximum Gasteiger partial charge on any atom is 0.204 e. The van der Waals surface area contributed by atoms with Crippen molar-refractivity contribution in [1.29, 1.82) is 0 Å². The Labute approximate surface area is 225 Å². The third-order valence-corrected chi connectivity index (χ3v) is 5.59. The second kappa shape index (κ2) is 18.2. The van der Waals surface area contributed by atoms with Crippen molar-refractivity contribution in [2.24, 2.45) is 16.1 Å². The first-order valence-corrected chi connectivity index (χ1v) is 13.2. The van der Waals surface area contributed by atoms with Gasteiger partial charge in [0.25, 0.3) is 0 Å². The lowest BCUT2D eigenvalue weighted by molar-refractivity contribution is -0.106. The summed E-state index contributed by atoms with van der Waals surface area (Å²) in [5.41, 5.74) is 12.1. The lowest BCUT2D eigenvalue weighted by Crippen LogP contribution is -2.41. The molecule has 0 heterocycles. The molecule has 0 atom stereocenters. The van der Waals surface area contributed by atoms with Crippen LogP contribution >= 0.6 is 0 Å². The van der Waals surface area contributed by atoms with Gasteiger partial charge >= 0.3 is 0 Å². The van der Waals surface area contributed by atoms with E-state index in [1.54, 1.807) is 7.11 Å². The number of ether oxygens (including phenoxy) is 1. The highest BCUT2D eigenvalue weighted by Gasteiger charge is 2.35. The lowest BCUT2D eigenvalue weighted by atomic mass is 9.68. The van der Waals surface area contributed by atoms with Gasteiger partial charge in [-0.3, -0.25) is 9.79 Å². The third-order valence-electron chi connectivity index (χ3n) is 5.59. The van der Waals surface area contributed by atoms with E-state index in [0.29, 0.717) is 11.5 Å². The summed E-state index contributed by atoms with van der Waals surface area (Å²) in [7, 11) is 1.71. The van der Waals surface area contributed by atoms with Crippen LogP contribution in [0.25, 0.3) is 5.70 Å². The number of rotatable bonds is 8. The van der Waals surface area contributed by atoms with Gasteiger partial charge in [0.1, 0.15) is 0 Å². The normalized spacial score (nSPS) is 13.4. The van der Waals surface area contributed by atoms with E-state index >= 15 is 0 Å². The van der Waals surface area contributed by atoms with E-state index in [2.05, 4.69) is 99.0 Å². The minimum absolute atomic E-state index is 0.250. The minimum Gasteiger partial charge on any atom is -0.385 e. The fourth-order valence-electron chi connectivity index (χ4n) is 4.28. The molecule has 1 fully saturated rings. The highest BCUT2D eigenvalue weighted by molar-refractivity contribution is 5.84. The summed E-state index contributed by atoms with van der Waals surface area (Å²) in [4.78, 5) is 13.1. The summed E-state index contributed by atoms with van der Waals surface area (Å²) < 4.78 is 4.69. The van der Waals surface area contributed by atoms with Crippen molar-refractivity contribution in [2.45, 2.75) is 80.7 Å². The first-order chi connectivity index (χ1) is 17.6. The number of amides is 1. The molecule has 37 heavy (non-hydrogen) atoms. The molecule has 1 amide bonds. The number of methoxy groups -OCH3 is 1. The number of primary amides is 1. The minimum atomic E-state index is 0.250. The standard InChI is InChI=1S/C24H31N3.C4H10O.C2H6.CH3NO/c1-7-25-22-13-16(2)12-17(3)23(22)18(4)26-19-8-10-20(11-9-19)27-21-14-24(5,6)15-21;1-3-4-5-2;1-2;2-1-3/h7-13,21,26-27H,4,14-15H2,1-3,5-6H3;3-4H2,1-2H3;1-2H3;1H,(H2,2,3). The molecule has 0 unspecified atom stereocenters. The number of carbonyl (C=O) groups excluding carboxylic acids is 1. The van der Waals surface area contributed by atoms with Crippen molar-refractivity contribution in [3.05, 3.63) is 59.7 Å². The molecule has 6 nitrogen and oxygen atoms in total. The second-order valence-electron chi connectivity index (χ2n) is 9.59. The quantitative estimate of drug-likeness (QED) is 0.249. The topological polar surface area (TPSA) is 88.7 Å². The van der Waals surface area contributed by atoms with Crippen LogP contribution in [0.15, 0.2) is 48.0 Å². The number of hydrogen-bond donors (Lipinski definition) is 3. The van der Waals surface area contributed by atoms with Gasteiger partial charge in [0.15, 0.2) is 0 Å². The van der Waals surface area contributed by atoms with E-state index in [0.717, 1.165) is 35.7 Å². The lowest BCUT2D eigenvalue weighted by Gasteiger charge is -2.43. The fraction of sp³-hybridized carbons (Fsp3) is 0.484. The smallest absolute Gasteiger partial charge is 0.204 e. The Balaban J connectivity index is 0.00000112. The maximum absolute atomic E-state index is 8.58. The largest absolute Gasteiger partial charge is 0.385 e. The molecule has 0 aliphatic heterocycles. The molecule has 206 valence electrons. The molecule has 0 spiro atoms. The van der Waals surface area contributed by atoms with E-state index in [-0.39, 0.29) is 6.41 Å². The fourth-order valence-corrected chi connectivity index (χ4v) is 4.28. The average molecular weight is 511 g/mol. The van der Waals surface area contributed by atoms with Crippen LogP contribution in [-0.2, 0) is 9.53 Å². The van der Waals surface area contributed by atoms with Gasteiger partial charge in [0.2, 0.25) is 6.41 Å². The number of nitrogens with one attached hydrogen (secondary N) is 2. The number of hydrogen-bond acceptors (Lipinski definition) is 5. The number of nitrogens with zero attached hydrogens (tertiary/aromatic N) is 1. The monoisotopic (exact) mass is 510 g/mol. The predicted octanol–water partition coefficient (Wildman–Crippen LogP) is 7.88. The van der Waals surface area contributed by atoms with Crippen molar-refractivity contribution >= 4 is 35.4 Å². The Morgan fingerprint density at radius 2 is 1.70 bits per heavy atom. The summed E-state index contributed by atoms with van der Waals surface area (Å²) in [5, 5.41) is 7.06. The molecule has 6 heteroatoms. The van der Waals surface area contributed by atoms with Gasteiger partial charge in [-0.25, -0.2) is 0 Å². The number of nitrogens with two attached hydrogens (primary N) is 1. The van der Waals surface area contributed by atoms with Crippen LogP contribution in [-0.4, -0.2) is 32.4 Å². The van der Waals surface area contributed by atoms with Crippen molar-refractivity contribution < 1.29 is 9.53 Å². The molecule has 2 aromatic rings. The van der Waals surface area contributed by atoms with E-state index < -0.39 is 0 Å². The van der Waals surface area contributed by atoms with Gasteiger partial charge in [0, 0.05) is 48.6 Å². The molecule has 1 aliphatic carbocycles. The Hall–Kier alpha value is -3.12. The van der Waals surface area contributed by atoms with E-state index in [4.69, 9.17) is 9.53 Å². The van der Waals surface area contributed by atoms with Gasteiger partial charge in [-0.05, 0) is 86.9 Å². The summed E-state index contributed by atoms with van der Waals surface area (Å²) in [6.45, 7) is 22.0. The molecule has 2 aromatic carbocycles. The van der Waals surface area contributed by atoms with Gasteiger partial charge in [-0.1, -0.05) is 47.3 Å². The van der Waals surface area contributed by atoms with Crippen LogP contribution in [0.1, 0.15) is 77.5 Å². The van der Waals surface area contributed by atoms with Crippen LogP contribution in [0.3, 0.4) is 0 Å². The van der Waals surface area contributed by atoms with Crippen molar-refractivity contribution in [3.8, 4) is 0 Å². The number of aryl methyl sites for hydroxylation is 2. The molecule has 0 bridgehead atoms. The van der Waals surface area contributed by atoms with Crippen LogP contribution in [0.4, 0.5) is 17.1 Å². The summed E-state index contributed by atoms with van der Waals surface area (Å²) in [5.74, 6) is 0. The van der Waals surface area contributed by atoms with Crippen LogP contribution < -0.4 is 16.4 Å². The van der Waals surface area contributed by atoms with Gasteiger partial charge < -0.3 is 21.1 Å². The van der Waals surface area contributed by atoms with E-state index in [1.165, 1.54) is 29.7 Å². The molecule has 0 radical (unpaired) electrons. The SMILES string of the molecule is C=C(Nc1ccc(NC2CC(C)(C)C2)cc1)c1c(C)cc(C)cc1N=CC.CC.CCCOC.NC=O. The second-order valence-corrected chi connectivity index (χ2v) is 9.59. The summed E-state index contributed by atoms with van der Waals surface area (Å²) >= 11 is 0. The summed E-state index contributed by atoms with van der Waals surface area (Å²) in [6, 6.07) is 13.3. The Bertz CT molecular complexity index is 956. The van der Waals surface area contributed by atoms with Gasteiger partial charge in [-0.15, -0.1) is 0 Å². The van der Waals surface area contributed by atoms with Crippen LogP contribution in [0.5, 0.6) is 0 Å². The predicted molar refractivity (Wildman–Crippen MR) is 163 cm³/mol. The zero-order valence-electron chi connectivity index (χ0n) is 24.6. The highest BCUT2D eigenvalue weighted by Crippen LogP contribution is 2.41. The first kappa shape index (κ1) is 33.9. The maximum atomic E-state index is 8.58. The molecule has 0 saturated heterocycles. The van der Waals surface area contributed by atoms with Gasteiger partial charge in [0.05, 0.1) is 5.69 Å². The molecule has 0 aromatic heterocycles. The van der Waals surface area contributed by atoms with E-state index in [1.807, 2.05) is 27.0 Å². The number of aliphatic imine (C=N–C) groups is 1. The zero-order chi connectivity index (χ0) is 28.4. The summed E-state index contributed by atoms with van der Waals surface area (Å²) in [6.07, 6.45) is 5.66. The van der Waals surface area contributed by atoms with Gasteiger partial charge in [-0.2, -0.15) is 0 Å². The molecular formula is C31H50N4O2. The third kappa shape index (κ3) is 12.6. The Morgan fingerprint density at radius 1 is 1.16 bits per heavy atom.